The van der Waals surface area contributed by atoms with Crippen LogP contribution in [-0.4, -0.2) is 42.0 Å². The Morgan fingerprint density at radius 1 is 1.43 bits per heavy atom. The van der Waals surface area contributed by atoms with Crippen LogP contribution in [-0.2, 0) is 9.53 Å². The van der Waals surface area contributed by atoms with Gasteiger partial charge in [0, 0.05) is 44.9 Å². The molecule has 1 aromatic rings. The van der Waals surface area contributed by atoms with Crippen molar-refractivity contribution in [2.24, 2.45) is 5.73 Å². The zero-order chi connectivity index (χ0) is 15.4. The molecule has 0 saturated carbocycles. The zero-order valence-electron chi connectivity index (χ0n) is 11.9. The number of carbonyl (C=O) groups is 1. The third kappa shape index (κ3) is 3.37. The first-order valence-electron chi connectivity index (χ1n) is 6.83. The van der Waals surface area contributed by atoms with E-state index in [4.69, 9.17) is 10.5 Å². The number of hydrogen-bond acceptors (Lipinski definition) is 5. The van der Waals surface area contributed by atoms with Crippen molar-refractivity contribution in [1.82, 2.24) is 4.90 Å². The van der Waals surface area contributed by atoms with Gasteiger partial charge in [-0.1, -0.05) is 12.1 Å². The van der Waals surface area contributed by atoms with E-state index in [0.29, 0.717) is 19.6 Å². The Morgan fingerprint density at radius 2 is 2.10 bits per heavy atom. The lowest BCUT2D eigenvalue weighted by Crippen LogP contribution is -2.34. The van der Waals surface area contributed by atoms with E-state index in [-0.39, 0.29) is 23.7 Å². The second-order valence-corrected chi connectivity index (χ2v) is 5.09. The third-order valence-corrected chi connectivity index (χ3v) is 3.66. The van der Waals surface area contributed by atoms with E-state index in [1.54, 1.807) is 24.1 Å². The molecule has 1 fully saturated rings. The van der Waals surface area contributed by atoms with Crippen molar-refractivity contribution in [2.45, 2.75) is 24.9 Å². The second-order valence-electron chi connectivity index (χ2n) is 5.09. The average molecular weight is 293 g/mol. The highest BCUT2D eigenvalue weighted by molar-refractivity contribution is 5.80. The average Bonchev–Trinajstić information content (AvgIpc) is 2.74. The molecule has 0 aliphatic carbocycles. The van der Waals surface area contributed by atoms with Crippen molar-refractivity contribution in [2.75, 3.05) is 20.3 Å². The van der Waals surface area contributed by atoms with Crippen LogP contribution in [0, 0.1) is 10.1 Å². The molecule has 7 nitrogen and oxygen atoms in total. The number of carbonyl (C=O) groups excluding carboxylic acids is 1. The minimum absolute atomic E-state index is 0.0157. The van der Waals surface area contributed by atoms with Crippen LogP contribution >= 0.6 is 0 Å². The van der Waals surface area contributed by atoms with Gasteiger partial charge in [-0.25, -0.2) is 0 Å². The van der Waals surface area contributed by atoms with Crippen molar-refractivity contribution in [3.63, 3.8) is 0 Å². The minimum Gasteiger partial charge on any atom is -0.385 e. The predicted octanol–water partition coefficient (Wildman–Crippen LogP) is 1.23. The molecule has 0 aromatic heterocycles. The topological polar surface area (TPSA) is 98.7 Å². The summed E-state index contributed by atoms with van der Waals surface area (Å²) >= 11 is 0. The van der Waals surface area contributed by atoms with E-state index in [2.05, 4.69) is 0 Å². The van der Waals surface area contributed by atoms with Crippen molar-refractivity contribution >= 4 is 11.6 Å². The summed E-state index contributed by atoms with van der Waals surface area (Å²) < 4.78 is 5.00. The molecule has 2 atom stereocenters. The summed E-state index contributed by atoms with van der Waals surface area (Å²) in [6.07, 6.45) is 1.03. The number of benzene rings is 1. The number of likely N-dealkylation sites (tertiary alicyclic amines) is 1. The maximum atomic E-state index is 12.0. The molecule has 0 bridgehead atoms. The summed E-state index contributed by atoms with van der Waals surface area (Å²) in [5.74, 6) is 0.0157. The zero-order valence-corrected chi connectivity index (χ0v) is 11.9. The molecule has 2 N–H and O–H groups in total. The van der Waals surface area contributed by atoms with Gasteiger partial charge in [0.2, 0.25) is 5.91 Å². The second kappa shape index (κ2) is 6.64. The molecule has 2 rings (SSSR count). The van der Waals surface area contributed by atoms with Crippen molar-refractivity contribution in [3.05, 3.63) is 39.9 Å². The van der Waals surface area contributed by atoms with Crippen LogP contribution in [0.5, 0.6) is 0 Å². The highest BCUT2D eigenvalue weighted by atomic mass is 16.6. The molecule has 1 aromatic carbocycles. The summed E-state index contributed by atoms with van der Waals surface area (Å²) in [5, 5.41) is 10.7. The normalized spacial score (nSPS) is 21.8. The molecule has 1 heterocycles. The molecular formula is C14H19N3O4. The van der Waals surface area contributed by atoms with E-state index in [1.165, 1.54) is 12.1 Å². The fraction of sp³-hybridized carbons (Fsp3) is 0.500. The minimum atomic E-state index is -0.445. The third-order valence-electron chi connectivity index (χ3n) is 3.66. The Kier molecular flexibility index (Phi) is 4.87. The first-order chi connectivity index (χ1) is 10.0. The van der Waals surface area contributed by atoms with Gasteiger partial charge >= 0.3 is 0 Å². The van der Waals surface area contributed by atoms with Gasteiger partial charge in [0.15, 0.2) is 0 Å². The maximum absolute atomic E-state index is 12.0. The lowest BCUT2D eigenvalue weighted by molar-refractivity contribution is -0.384. The molecule has 1 aliphatic rings. The molecule has 2 unspecified atom stereocenters. The largest absolute Gasteiger partial charge is 0.385 e. The number of nitro groups is 1. The maximum Gasteiger partial charge on any atom is 0.269 e. The number of hydrogen-bond donors (Lipinski definition) is 1. The molecule has 114 valence electrons. The fourth-order valence-electron chi connectivity index (χ4n) is 2.68. The molecule has 21 heavy (non-hydrogen) atoms. The molecular weight excluding hydrogens is 274 g/mol. The molecule has 0 radical (unpaired) electrons. The van der Waals surface area contributed by atoms with Gasteiger partial charge in [0.05, 0.1) is 11.0 Å². The Morgan fingerprint density at radius 3 is 2.67 bits per heavy atom. The molecule has 1 saturated heterocycles. The van der Waals surface area contributed by atoms with Crippen LogP contribution in [0.2, 0.25) is 0 Å². The van der Waals surface area contributed by atoms with Gasteiger partial charge < -0.3 is 15.4 Å². The number of nitrogens with two attached hydrogens (primary N) is 1. The summed E-state index contributed by atoms with van der Waals surface area (Å²) in [6.45, 7) is 1.15. The van der Waals surface area contributed by atoms with E-state index < -0.39 is 4.92 Å². The van der Waals surface area contributed by atoms with Crippen LogP contribution in [0.1, 0.15) is 24.4 Å². The van der Waals surface area contributed by atoms with E-state index in [9.17, 15) is 14.9 Å². The van der Waals surface area contributed by atoms with Crippen molar-refractivity contribution in [1.29, 1.82) is 0 Å². The van der Waals surface area contributed by atoms with E-state index in [0.717, 1.165) is 12.0 Å². The summed E-state index contributed by atoms with van der Waals surface area (Å²) in [6, 6.07) is 5.71. The standard InChI is InChI=1S/C14H19N3O4/c1-21-8-2-7-16-13(18)9-12(15)14(16)10-3-5-11(6-4-10)17(19)20/h3-6,12,14H,2,7-9,15H2,1H3. The number of amides is 1. The smallest absolute Gasteiger partial charge is 0.269 e. The lowest BCUT2D eigenvalue weighted by Gasteiger charge is -2.27. The Labute approximate surface area is 122 Å². The van der Waals surface area contributed by atoms with Gasteiger partial charge in [-0.15, -0.1) is 0 Å². The van der Waals surface area contributed by atoms with Crippen LogP contribution < -0.4 is 5.73 Å². The molecule has 7 heteroatoms. The molecule has 1 aliphatic heterocycles. The number of methoxy groups -OCH3 is 1. The van der Waals surface area contributed by atoms with Crippen LogP contribution in [0.15, 0.2) is 24.3 Å². The van der Waals surface area contributed by atoms with Crippen LogP contribution in [0.3, 0.4) is 0 Å². The highest BCUT2D eigenvalue weighted by Gasteiger charge is 2.38. The summed E-state index contributed by atoms with van der Waals surface area (Å²) in [4.78, 5) is 24.0. The van der Waals surface area contributed by atoms with Gasteiger partial charge in [0.1, 0.15) is 0 Å². The molecule has 1 amide bonds. The van der Waals surface area contributed by atoms with E-state index in [1.807, 2.05) is 0 Å². The highest BCUT2D eigenvalue weighted by Crippen LogP contribution is 2.32. The van der Waals surface area contributed by atoms with Crippen LogP contribution in [0.25, 0.3) is 0 Å². The van der Waals surface area contributed by atoms with Gasteiger partial charge in [0.25, 0.3) is 5.69 Å². The first-order valence-corrected chi connectivity index (χ1v) is 6.83. The number of ether oxygens (including phenoxy) is 1. The van der Waals surface area contributed by atoms with Gasteiger partial charge in [-0.05, 0) is 12.0 Å². The van der Waals surface area contributed by atoms with Crippen LogP contribution in [0.4, 0.5) is 5.69 Å². The quantitative estimate of drug-likeness (QED) is 0.483. The number of nitro benzene ring substituents is 1. The Balaban J connectivity index is 2.17. The fourth-order valence-corrected chi connectivity index (χ4v) is 2.68. The number of nitrogens with zero attached hydrogens (tertiary/aromatic N) is 2. The Hall–Kier alpha value is -1.99. The Bertz CT molecular complexity index is 517. The lowest BCUT2D eigenvalue weighted by atomic mass is 10.0. The molecule has 0 spiro atoms. The number of non-ortho nitro benzene ring substituents is 1. The summed E-state index contributed by atoms with van der Waals surface area (Å²) in [5.41, 5.74) is 6.93. The van der Waals surface area contributed by atoms with Gasteiger partial charge in [-0.2, -0.15) is 0 Å². The first kappa shape index (κ1) is 15.4. The number of rotatable bonds is 6. The predicted molar refractivity (Wildman–Crippen MR) is 76.6 cm³/mol. The van der Waals surface area contributed by atoms with Crippen molar-refractivity contribution in [3.8, 4) is 0 Å². The monoisotopic (exact) mass is 293 g/mol. The van der Waals surface area contributed by atoms with E-state index >= 15 is 0 Å². The summed E-state index contributed by atoms with van der Waals surface area (Å²) in [7, 11) is 1.62. The van der Waals surface area contributed by atoms with Gasteiger partial charge in [-0.3, -0.25) is 14.9 Å². The van der Waals surface area contributed by atoms with Crippen molar-refractivity contribution < 1.29 is 14.5 Å². The SMILES string of the molecule is COCCCN1C(=O)CC(N)C1c1ccc([N+](=O)[O-])cc1.